The fourth-order valence-corrected chi connectivity index (χ4v) is 4.91. The average molecular weight is 512 g/mol. The van der Waals surface area contributed by atoms with E-state index in [-0.39, 0.29) is 36.8 Å². The van der Waals surface area contributed by atoms with Crippen LogP contribution in [0.2, 0.25) is 0 Å². The van der Waals surface area contributed by atoms with Crippen LogP contribution in [-0.4, -0.2) is 59.0 Å². The first kappa shape index (κ1) is 26.7. The summed E-state index contributed by atoms with van der Waals surface area (Å²) in [6.45, 7) is 2.69. The largest absolute Gasteiger partial charge is 0.493 e. The quantitative estimate of drug-likeness (QED) is 0.218. The molecular formula is C23H29NO10S. The molecule has 0 radical (unpaired) electrons. The van der Waals surface area contributed by atoms with Gasteiger partial charge in [0.2, 0.25) is 5.75 Å². The zero-order valence-electron chi connectivity index (χ0n) is 20.0. The molecule has 1 N–H and O–H groups in total. The number of nitro benzene ring substituents is 1. The lowest BCUT2D eigenvalue weighted by Crippen LogP contribution is -2.16. The van der Waals surface area contributed by atoms with Crippen molar-refractivity contribution in [2.24, 2.45) is 5.92 Å². The zero-order valence-corrected chi connectivity index (χ0v) is 20.8. The van der Waals surface area contributed by atoms with Crippen molar-refractivity contribution in [3.8, 4) is 17.2 Å². The normalized spacial score (nSPS) is 17.9. The van der Waals surface area contributed by atoms with Crippen LogP contribution in [0.5, 0.6) is 17.2 Å². The van der Waals surface area contributed by atoms with E-state index in [0.29, 0.717) is 23.9 Å². The van der Waals surface area contributed by atoms with E-state index >= 15 is 0 Å². The van der Waals surface area contributed by atoms with Crippen molar-refractivity contribution in [1.29, 1.82) is 0 Å². The third kappa shape index (κ3) is 6.01. The molecule has 0 aromatic heterocycles. The van der Waals surface area contributed by atoms with E-state index in [1.807, 2.05) is 6.07 Å². The molecule has 0 spiro atoms. The summed E-state index contributed by atoms with van der Waals surface area (Å²) < 4.78 is 61.5. The minimum Gasteiger partial charge on any atom is -0.493 e. The molecule has 1 aliphatic heterocycles. The fourth-order valence-electron chi connectivity index (χ4n) is 4.18. The fraction of sp³-hybridized carbons (Fsp3) is 0.478. The molecule has 0 fully saturated rings. The first-order valence-corrected chi connectivity index (χ1v) is 12.3. The molecule has 2 aromatic rings. The lowest BCUT2D eigenvalue weighted by atomic mass is 9.94. The van der Waals surface area contributed by atoms with Gasteiger partial charge in [-0.25, -0.2) is 0 Å². The molecule has 2 unspecified atom stereocenters. The van der Waals surface area contributed by atoms with E-state index in [1.54, 1.807) is 7.11 Å². The van der Waals surface area contributed by atoms with Gasteiger partial charge in [0, 0.05) is 17.7 Å². The van der Waals surface area contributed by atoms with Crippen LogP contribution in [0.1, 0.15) is 29.7 Å². The van der Waals surface area contributed by atoms with Crippen molar-refractivity contribution in [3.63, 3.8) is 0 Å². The van der Waals surface area contributed by atoms with Crippen LogP contribution < -0.4 is 14.2 Å². The van der Waals surface area contributed by atoms with Gasteiger partial charge in [-0.15, -0.1) is 0 Å². The van der Waals surface area contributed by atoms with Gasteiger partial charge in [-0.05, 0) is 42.0 Å². The summed E-state index contributed by atoms with van der Waals surface area (Å²) in [5.74, 6) is 1.69. The van der Waals surface area contributed by atoms with E-state index in [0.717, 1.165) is 35.7 Å². The van der Waals surface area contributed by atoms with Crippen LogP contribution in [0.25, 0.3) is 0 Å². The van der Waals surface area contributed by atoms with Crippen molar-refractivity contribution in [2.75, 3.05) is 41.2 Å². The standard InChI is InChI=1S/C23H29NO10S/c1-14-9-16-11-18(30-2)22(31-3)23(32-4)21(16)19(34-12-14)13-33-8-7-15-10-17(24(25)26)5-6-20(15)35(27,28)29/h5-6,10-11,14,19H,7-9,12-13H2,1-4H3,(H,27,28,29). The lowest BCUT2D eigenvalue weighted by Gasteiger charge is -2.23. The third-order valence-electron chi connectivity index (χ3n) is 5.74. The Balaban J connectivity index is 1.83. The second-order valence-corrected chi connectivity index (χ2v) is 9.59. The predicted octanol–water partition coefficient (Wildman–Crippen LogP) is 3.38. The zero-order chi connectivity index (χ0) is 25.8. The lowest BCUT2D eigenvalue weighted by molar-refractivity contribution is -0.385. The molecule has 0 bridgehead atoms. The van der Waals surface area contributed by atoms with Gasteiger partial charge in [0.15, 0.2) is 11.5 Å². The van der Waals surface area contributed by atoms with Gasteiger partial charge in [0.1, 0.15) is 6.10 Å². The minimum absolute atomic E-state index is 0.0237. The summed E-state index contributed by atoms with van der Waals surface area (Å²) in [6.07, 6.45) is 0.250. The van der Waals surface area contributed by atoms with Gasteiger partial charge in [0.25, 0.3) is 15.8 Å². The summed E-state index contributed by atoms with van der Waals surface area (Å²) in [6, 6.07) is 5.06. The SMILES string of the molecule is COc1cc2c(c(OC)c1OC)C(COCCc1cc([N+](=O)[O-])ccc1S(=O)(=O)O)OCC(C)C2. The topological polar surface area (TPSA) is 144 Å². The maximum Gasteiger partial charge on any atom is 0.294 e. The first-order chi connectivity index (χ1) is 16.6. The van der Waals surface area contributed by atoms with E-state index in [1.165, 1.54) is 14.2 Å². The molecule has 2 atom stereocenters. The van der Waals surface area contributed by atoms with Crippen LogP contribution in [0.4, 0.5) is 5.69 Å². The number of fused-ring (bicyclic) bond motifs is 1. The highest BCUT2D eigenvalue weighted by Crippen LogP contribution is 2.47. The first-order valence-electron chi connectivity index (χ1n) is 10.9. The molecule has 1 heterocycles. The number of nitro groups is 1. The number of nitrogens with zero attached hydrogens (tertiary/aromatic N) is 1. The summed E-state index contributed by atoms with van der Waals surface area (Å²) in [5, 5.41) is 11.1. The molecule has 192 valence electrons. The average Bonchev–Trinajstić information content (AvgIpc) is 2.97. The summed E-state index contributed by atoms with van der Waals surface area (Å²) in [5.41, 5.74) is 1.56. The van der Waals surface area contributed by atoms with Crippen molar-refractivity contribution in [1.82, 2.24) is 0 Å². The molecule has 0 amide bonds. The number of hydrogen-bond acceptors (Lipinski definition) is 9. The second kappa shape index (κ2) is 11.2. The maximum absolute atomic E-state index is 11.7. The second-order valence-electron chi connectivity index (χ2n) is 8.20. The highest BCUT2D eigenvalue weighted by atomic mass is 32.2. The Labute approximate surface area is 203 Å². The van der Waals surface area contributed by atoms with Crippen LogP contribution in [0, 0.1) is 16.0 Å². The molecule has 0 aliphatic carbocycles. The van der Waals surface area contributed by atoms with E-state index in [9.17, 15) is 23.1 Å². The van der Waals surface area contributed by atoms with E-state index in [2.05, 4.69) is 6.92 Å². The van der Waals surface area contributed by atoms with Crippen molar-refractivity contribution >= 4 is 15.8 Å². The number of methoxy groups -OCH3 is 3. The number of hydrogen-bond donors (Lipinski definition) is 1. The maximum atomic E-state index is 11.7. The molecule has 0 saturated carbocycles. The molecule has 0 saturated heterocycles. The van der Waals surface area contributed by atoms with Crippen LogP contribution >= 0.6 is 0 Å². The highest BCUT2D eigenvalue weighted by Gasteiger charge is 2.31. The Morgan fingerprint density at radius 2 is 1.86 bits per heavy atom. The molecule has 12 heteroatoms. The van der Waals surface area contributed by atoms with Crippen molar-refractivity contribution in [2.45, 2.75) is 30.8 Å². The number of rotatable bonds is 10. The van der Waals surface area contributed by atoms with Crippen molar-refractivity contribution in [3.05, 3.63) is 51.1 Å². The van der Waals surface area contributed by atoms with Gasteiger partial charge in [-0.1, -0.05) is 6.92 Å². The summed E-state index contributed by atoms with van der Waals surface area (Å²) >= 11 is 0. The highest BCUT2D eigenvalue weighted by molar-refractivity contribution is 7.85. The molecule has 11 nitrogen and oxygen atoms in total. The number of non-ortho nitro benzene ring substituents is 1. The van der Waals surface area contributed by atoms with Gasteiger partial charge in [-0.3, -0.25) is 14.7 Å². The number of benzene rings is 2. The van der Waals surface area contributed by atoms with Gasteiger partial charge in [-0.2, -0.15) is 8.42 Å². The predicted molar refractivity (Wildman–Crippen MR) is 125 cm³/mol. The molecular weight excluding hydrogens is 482 g/mol. The number of ether oxygens (including phenoxy) is 5. The molecule has 3 rings (SSSR count). The Morgan fingerprint density at radius 1 is 1.14 bits per heavy atom. The Bertz CT molecular complexity index is 1180. The summed E-state index contributed by atoms with van der Waals surface area (Å²) in [7, 11) is 0.0472. The van der Waals surface area contributed by atoms with Gasteiger partial charge in [0.05, 0.1) is 51.0 Å². The minimum atomic E-state index is -4.55. The smallest absolute Gasteiger partial charge is 0.294 e. The Hall–Kier alpha value is -2.93. The monoisotopic (exact) mass is 511 g/mol. The van der Waals surface area contributed by atoms with Crippen LogP contribution in [-0.2, 0) is 32.4 Å². The molecule has 35 heavy (non-hydrogen) atoms. The molecule has 1 aliphatic rings. The van der Waals surface area contributed by atoms with Gasteiger partial charge < -0.3 is 23.7 Å². The Morgan fingerprint density at radius 3 is 2.46 bits per heavy atom. The van der Waals surface area contributed by atoms with E-state index < -0.39 is 26.0 Å². The van der Waals surface area contributed by atoms with E-state index in [4.69, 9.17) is 23.7 Å². The van der Waals surface area contributed by atoms with Gasteiger partial charge >= 0.3 is 0 Å². The summed E-state index contributed by atoms with van der Waals surface area (Å²) in [4.78, 5) is 10.1. The third-order valence-corrected chi connectivity index (χ3v) is 6.70. The van der Waals surface area contributed by atoms with Crippen LogP contribution in [0.3, 0.4) is 0 Å². The van der Waals surface area contributed by atoms with Crippen LogP contribution in [0.15, 0.2) is 29.2 Å². The Kier molecular flexibility index (Phi) is 8.54. The van der Waals surface area contributed by atoms with Crippen molar-refractivity contribution < 1.29 is 41.6 Å². The molecule has 2 aromatic carbocycles.